The third-order valence-corrected chi connectivity index (χ3v) is 6.25. The molecule has 0 spiro atoms. The Morgan fingerprint density at radius 3 is 2.48 bits per heavy atom. The molecular weight excluding hydrogens is 388 g/mol. The SMILES string of the molecule is O=C(ON1CCN(c2cccc3scc(C4OCCO4)c23)CC1)c1ccccc1. The van der Waals surface area contributed by atoms with E-state index in [0.29, 0.717) is 31.9 Å². The first kappa shape index (κ1) is 18.6. The highest BCUT2D eigenvalue weighted by Gasteiger charge is 2.27. The summed E-state index contributed by atoms with van der Waals surface area (Å²) < 4.78 is 12.7. The third kappa shape index (κ3) is 3.74. The quantitative estimate of drug-likeness (QED) is 0.651. The molecule has 2 aliphatic rings. The fourth-order valence-electron chi connectivity index (χ4n) is 3.83. The number of rotatable bonds is 4. The van der Waals surface area contributed by atoms with Gasteiger partial charge in [0.05, 0.1) is 31.9 Å². The molecule has 7 heteroatoms. The van der Waals surface area contributed by atoms with Crippen LogP contribution in [0.3, 0.4) is 0 Å². The van der Waals surface area contributed by atoms with Gasteiger partial charge in [0.15, 0.2) is 6.29 Å². The molecule has 2 aromatic carbocycles. The lowest BCUT2D eigenvalue weighted by molar-refractivity contribution is -0.112. The molecule has 29 heavy (non-hydrogen) atoms. The van der Waals surface area contributed by atoms with Crippen LogP contribution in [-0.4, -0.2) is 50.4 Å². The van der Waals surface area contributed by atoms with E-state index in [1.54, 1.807) is 28.5 Å². The van der Waals surface area contributed by atoms with Crippen molar-refractivity contribution in [1.29, 1.82) is 0 Å². The molecule has 6 nitrogen and oxygen atoms in total. The molecule has 5 rings (SSSR count). The molecule has 3 heterocycles. The number of thiophene rings is 1. The van der Waals surface area contributed by atoms with Gasteiger partial charge in [-0.2, -0.15) is 0 Å². The van der Waals surface area contributed by atoms with Crippen LogP contribution in [0, 0.1) is 0 Å². The number of ether oxygens (including phenoxy) is 2. The van der Waals surface area contributed by atoms with Gasteiger partial charge >= 0.3 is 5.97 Å². The van der Waals surface area contributed by atoms with Gasteiger partial charge in [0, 0.05) is 39.8 Å². The second-order valence-corrected chi connectivity index (χ2v) is 7.99. The molecule has 0 atom stereocenters. The van der Waals surface area contributed by atoms with Crippen LogP contribution < -0.4 is 4.90 Å². The topological polar surface area (TPSA) is 51.2 Å². The number of piperazine rings is 1. The van der Waals surface area contributed by atoms with Crippen molar-refractivity contribution < 1.29 is 19.1 Å². The Morgan fingerprint density at radius 2 is 1.72 bits per heavy atom. The summed E-state index contributed by atoms with van der Waals surface area (Å²) in [5.41, 5.74) is 2.86. The summed E-state index contributed by atoms with van der Waals surface area (Å²) in [5.74, 6) is -0.309. The summed E-state index contributed by atoms with van der Waals surface area (Å²) in [5, 5.41) is 5.10. The van der Waals surface area contributed by atoms with Crippen molar-refractivity contribution in [2.75, 3.05) is 44.3 Å². The standard InChI is InChI=1S/C22H22N2O4S/c25-21(16-5-2-1-3-6-16)28-24-11-9-23(10-12-24)18-7-4-8-19-20(18)17(15-29-19)22-26-13-14-27-22/h1-8,15,22H,9-14H2. The summed E-state index contributed by atoms with van der Waals surface area (Å²) in [7, 11) is 0. The number of nitrogens with zero attached hydrogens (tertiary/aromatic N) is 2. The number of carbonyl (C=O) groups excluding carboxylic acids is 1. The highest BCUT2D eigenvalue weighted by molar-refractivity contribution is 7.17. The van der Waals surface area contributed by atoms with Crippen molar-refractivity contribution in [2.24, 2.45) is 0 Å². The molecule has 0 aliphatic carbocycles. The first-order chi connectivity index (χ1) is 14.3. The molecule has 0 radical (unpaired) electrons. The Bertz CT molecular complexity index is 992. The zero-order chi connectivity index (χ0) is 19.6. The van der Waals surface area contributed by atoms with Gasteiger partial charge in [0.25, 0.3) is 0 Å². The molecule has 3 aromatic rings. The molecule has 1 aromatic heterocycles. The van der Waals surface area contributed by atoms with E-state index in [4.69, 9.17) is 14.3 Å². The molecular formula is C22H22N2O4S. The van der Waals surface area contributed by atoms with Crippen LogP contribution in [0.5, 0.6) is 0 Å². The number of anilines is 1. The minimum absolute atomic E-state index is 0.280. The Morgan fingerprint density at radius 1 is 0.966 bits per heavy atom. The fraction of sp³-hybridized carbons (Fsp3) is 0.318. The lowest BCUT2D eigenvalue weighted by Crippen LogP contribution is -2.47. The van der Waals surface area contributed by atoms with E-state index in [0.717, 1.165) is 18.7 Å². The summed E-state index contributed by atoms with van der Waals surface area (Å²) >= 11 is 1.72. The Kier molecular flexibility index (Phi) is 5.20. The van der Waals surface area contributed by atoms with E-state index in [-0.39, 0.29) is 12.3 Å². The second-order valence-electron chi connectivity index (χ2n) is 7.08. The summed E-state index contributed by atoms with van der Waals surface area (Å²) in [6.45, 7) is 4.15. The zero-order valence-electron chi connectivity index (χ0n) is 16.0. The van der Waals surface area contributed by atoms with Crippen LogP contribution in [-0.2, 0) is 14.3 Å². The molecule has 0 unspecified atom stereocenters. The van der Waals surface area contributed by atoms with Gasteiger partial charge in [0.2, 0.25) is 0 Å². The summed E-state index contributed by atoms with van der Waals surface area (Å²) in [4.78, 5) is 20.2. The van der Waals surface area contributed by atoms with Gasteiger partial charge < -0.3 is 19.2 Å². The molecule has 0 amide bonds. The minimum Gasteiger partial charge on any atom is -0.368 e. The van der Waals surface area contributed by atoms with Gasteiger partial charge in [-0.3, -0.25) is 0 Å². The number of benzene rings is 2. The number of carbonyl (C=O) groups is 1. The van der Waals surface area contributed by atoms with Crippen molar-refractivity contribution in [3.63, 3.8) is 0 Å². The Labute approximate surface area is 173 Å². The molecule has 2 aliphatic heterocycles. The van der Waals surface area contributed by atoms with Crippen molar-refractivity contribution in [2.45, 2.75) is 6.29 Å². The van der Waals surface area contributed by atoms with Crippen LogP contribution in [0.25, 0.3) is 10.1 Å². The van der Waals surface area contributed by atoms with Gasteiger partial charge in [0.1, 0.15) is 0 Å². The van der Waals surface area contributed by atoms with Crippen LogP contribution >= 0.6 is 11.3 Å². The maximum Gasteiger partial charge on any atom is 0.357 e. The maximum absolute atomic E-state index is 12.3. The lowest BCUT2D eigenvalue weighted by atomic mass is 10.1. The number of fused-ring (bicyclic) bond motifs is 1. The van der Waals surface area contributed by atoms with E-state index >= 15 is 0 Å². The fourth-order valence-corrected chi connectivity index (χ4v) is 4.81. The summed E-state index contributed by atoms with van der Waals surface area (Å²) in [6.07, 6.45) is -0.280. The predicted octanol–water partition coefficient (Wildman–Crippen LogP) is 3.84. The molecule has 2 saturated heterocycles. The van der Waals surface area contributed by atoms with Crippen LogP contribution in [0.2, 0.25) is 0 Å². The van der Waals surface area contributed by atoms with Crippen molar-refractivity contribution in [3.05, 3.63) is 65.0 Å². The van der Waals surface area contributed by atoms with E-state index in [1.807, 2.05) is 18.2 Å². The average molecular weight is 410 g/mol. The van der Waals surface area contributed by atoms with Gasteiger partial charge in [-0.05, 0) is 24.3 Å². The smallest absolute Gasteiger partial charge is 0.357 e. The Balaban J connectivity index is 1.30. The number of hydroxylamine groups is 2. The van der Waals surface area contributed by atoms with E-state index in [1.165, 1.54) is 15.8 Å². The van der Waals surface area contributed by atoms with Crippen molar-refractivity contribution in [1.82, 2.24) is 5.06 Å². The largest absolute Gasteiger partial charge is 0.368 e. The maximum atomic E-state index is 12.3. The van der Waals surface area contributed by atoms with Crippen LogP contribution in [0.15, 0.2) is 53.9 Å². The molecule has 2 fully saturated rings. The van der Waals surface area contributed by atoms with Crippen molar-refractivity contribution >= 4 is 33.1 Å². The first-order valence-electron chi connectivity index (χ1n) is 9.80. The number of hydrogen-bond acceptors (Lipinski definition) is 7. The van der Waals surface area contributed by atoms with Gasteiger partial charge in [-0.1, -0.05) is 24.3 Å². The third-order valence-electron chi connectivity index (χ3n) is 5.28. The Hall–Kier alpha value is -2.45. The zero-order valence-corrected chi connectivity index (χ0v) is 16.8. The van der Waals surface area contributed by atoms with E-state index in [9.17, 15) is 4.79 Å². The van der Waals surface area contributed by atoms with Gasteiger partial charge in [-0.15, -0.1) is 16.4 Å². The van der Waals surface area contributed by atoms with Crippen LogP contribution in [0.1, 0.15) is 22.2 Å². The normalized spacial score (nSPS) is 18.4. The molecule has 150 valence electrons. The monoisotopic (exact) mass is 410 g/mol. The lowest BCUT2D eigenvalue weighted by Gasteiger charge is -2.35. The number of hydrogen-bond donors (Lipinski definition) is 0. The molecule has 0 saturated carbocycles. The highest BCUT2D eigenvalue weighted by atomic mass is 32.1. The second kappa shape index (κ2) is 8.12. The average Bonchev–Trinajstić information content (AvgIpc) is 3.44. The minimum atomic E-state index is -0.309. The van der Waals surface area contributed by atoms with Crippen molar-refractivity contribution in [3.8, 4) is 0 Å². The van der Waals surface area contributed by atoms with Gasteiger partial charge in [-0.25, -0.2) is 4.79 Å². The van der Waals surface area contributed by atoms with Crippen LogP contribution in [0.4, 0.5) is 5.69 Å². The predicted molar refractivity (Wildman–Crippen MR) is 112 cm³/mol. The van der Waals surface area contributed by atoms with E-state index < -0.39 is 0 Å². The molecule has 0 bridgehead atoms. The first-order valence-corrected chi connectivity index (χ1v) is 10.7. The highest BCUT2D eigenvalue weighted by Crippen LogP contribution is 2.40. The van der Waals surface area contributed by atoms with E-state index in [2.05, 4.69) is 28.5 Å². The molecule has 0 N–H and O–H groups in total. The summed E-state index contributed by atoms with van der Waals surface area (Å²) in [6, 6.07) is 15.5.